The number of hydrogen-bond acceptors (Lipinski definition) is 4. The molecular weight excluding hydrogens is 202 g/mol. The van der Waals surface area contributed by atoms with Gasteiger partial charge in [0, 0.05) is 6.54 Å². The molecule has 0 aliphatic carbocycles. The van der Waals surface area contributed by atoms with E-state index in [2.05, 4.69) is 15.6 Å². The topological polar surface area (TPSA) is 57.2 Å². The number of aliphatic hydroxyl groups is 1. The number of hydrogen-bond donors (Lipinski definition) is 3. The molecule has 16 heavy (non-hydrogen) atoms. The van der Waals surface area contributed by atoms with E-state index in [0.29, 0.717) is 0 Å². The normalized spacial score (nSPS) is 13.3. The van der Waals surface area contributed by atoms with Crippen molar-refractivity contribution in [3.05, 3.63) is 18.2 Å². The summed E-state index contributed by atoms with van der Waals surface area (Å²) >= 11 is 0. The predicted molar refractivity (Wildman–Crippen MR) is 67.8 cm³/mol. The summed E-state index contributed by atoms with van der Waals surface area (Å²) in [5.74, 6) is 1.61. The summed E-state index contributed by atoms with van der Waals surface area (Å²) in [5, 5.41) is 16.0. The van der Waals surface area contributed by atoms with Crippen LogP contribution in [-0.4, -0.2) is 28.3 Å². The van der Waals surface area contributed by atoms with Crippen molar-refractivity contribution in [1.29, 1.82) is 0 Å². The van der Waals surface area contributed by atoms with Gasteiger partial charge in [-0.3, -0.25) is 0 Å². The minimum atomic E-state index is -0.447. The molecule has 0 saturated heterocycles. The van der Waals surface area contributed by atoms with E-state index >= 15 is 0 Å². The third-order valence-corrected chi connectivity index (χ3v) is 2.60. The molecule has 4 heteroatoms. The maximum Gasteiger partial charge on any atom is 0.128 e. The fourth-order valence-electron chi connectivity index (χ4n) is 1.22. The number of aliphatic hydroxyl groups excluding tert-OH is 1. The van der Waals surface area contributed by atoms with Crippen LogP contribution in [0, 0.1) is 0 Å². The van der Waals surface area contributed by atoms with Crippen molar-refractivity contribution in [1.82, 2.24) is 4.98 Å². The molecule has 0 aliphatic heterocycles. The van der Waals surface area contributed by atoms with Gasteiger partial charge in [0.2, 0.25) is 0 Å². The Kier molecular flexibility index (Phi) is 4.12. The van der Waals surface area contributed by atoms with Crippen molar-refractivity contribution in [3.63, 3.8) is 0 Å². The summed E-state index contributed by atoms with van der Waals surface area (Å²) in [4.78, 5) is 4.40. The molecule has 0 amide bonds. The first-order valence-electron chi connectivity index (χ1n) is 5.63. The summed E-state index contributed by atoms with van der Waals surface area (Å²) in [5.41, 5.74) is -0.391. The molecule has 3 N–H and O–H groups in total. The highest BCUT2D eigenvalue weighted by Gasteiger charge is 2.23. The van der Waals surface area contributed by atoms with Gasteiger partial charge in [0.05, 0.1) is 11.6 Å². The number of nitrogens with one attached hydrogen (secondary N) is 2. The van der Waals surface area contributed by atoms with Crippen molar-refractivity contribution in [3.8, 4) is 0 Å². The first-order chi connectivity index (χ1) is 7.45. The van der Waals surface area contributed by atoms with Crippen molar-refractivity contribution < 1.29 is 5.11 Å². The highest BCUT2D eigenvalue weighted by molar-refractivity contribution is 5.46. The molecule has 1 aromatic rings. The summed E-state index contributed by atoms with van der Waals surface area (Å²) in [7, 11) is 0. The van der Waals surface area contributed by atoms with Crippen LogP contribution in [0.5, 0.6) is 0 Å². The lowest BCUT2D eigenvalue weighted by Gasteiger charge is -2.30. The average Bonchev–Trinajstić information content (AvgIpc) is 2.17. The molecule has 1 heterocycles. The van der Waals surface area contributed by atoms with Gasteiger partial charge in [-0.1, -0.05) is 6.07 Å². The van der Waals surface area contributed by atoms with Gasteiger partial charge in [-0.05, 0) is 39.8 Å². The largest absolute Gasteiger partial charge is 0.391 e. The van der Waals surface area contributed by atoms with Crippen LogP contribution >= 0.6 is 0 Å². The molecule has 90 valence electrons. The summed E-state index contributed by atoms with van der Waals surface area (Å²) in [6, 6.07) is 5.75. The van der Waals surface area contributed by atoms with Crippen LogP contribution in [0.15, 0.2) is 18.2 Å². The van der Waals surface area contributed by atoms with Gasteiger partial charge in [-0.25, -0.2) is 4.98 Å². The molecule has 0 spiro atoms. The quantitative estimate of drug-likeness (QED) is 0.715. The molecule has 1 atom stereocenters. The van der Waals surface area contributed by atoms with E-state index in [9.17, 15) is 5.11 Å². The Bertz CT molecular complexity index is 337. The molecule has 4 nitrogen and oxygen atoms in total. The van der Waals surface area contributed by atoms with Crippen LogP contribution in [0.3, 0.4) is 0 Å². The number of nitrogens with zero attached hydrogens (tertiary/aromatic N) is 1. The summed E-state index contributed by atoms with van der Waals surface area (Å²) in [6.45, 7) is 8.53. The Morgan fingerprint density at radius 2 is 2.00 bits per heavy atom. The minimum Gasteiger partial charge on any atom is -0.391 e. The summed E-state index contributed by atoms with van der Waals surface area (Å²) in [6.07, 6.45) is -0.447. The zero-order chi connectivity index (χ0) is 12.2. The van der Waals surface area contributed by atoms with Crippen molar-refractivity contribution in [2.45, 2.75) is 39.3 Å². The lowest BCUT2D eigenvalue weighted by molar-refractivity contribution is 0.133. The van der Waals surface area contributed by atoms with Crippen LogP contribution in [0.1, 0.15) is 27.7 Å². The summed E-state index contributed by atoms with van der Waals surface area (Å²) < 4.78 is 0. The van der Waals surface area contributed by atoms with Crippen LogP contribution in [0.25, 0.3) is 0 Å². The molecule has 0 bridgehead atoms. The standard InChI is InChI=1S/C12H21N3O/c1-5-13-10-7-6-8-11(14-10)15-12(3,4)9(2)16/h6-9,16H,5H2,1-4H3,(H2,13,14,15). The molecule has 1 rings (SSSR count). The first-order valence-corrected chi connectivity index (χ1v) is 5.63. The van der Waals surface area contributed by atoms with Gasteiger partial charge in [-0.2, -0.15) is 0 Å². The van der Waals surface area contributed by atoms with Crippen molar-refractivity contribution >= 4 is 11.6 Å². The fourth-order valence-corrected chi connectivity index (χ4v) is 1.22. The van der Waals surface area contributed by atoms with Gasteiger partial charge >= 0.3 is 0 Å². The second-order valence-corrected chi connectivity index (χ2v) is 4.46. The van der Waals surface area contributed by atoms with E-state index in [-0.39, 0.29) is 0 Å². The van der Waals surface area contributed by atoms with Gasteiger partial charge in [-0.15, -0.1) is 0 Å². The molecule has 0 aliphatic rings. The van der Waals surface area contributed by atoms with Gasteiger partial charge in [0.15, 0.2) is 0 Å². The fraction of sp³-hybridized carbons (Fsp3) is 0.583. The van der Waals surface area contributed by atoms with Gasteiger partial charge in [0.25, 0.3) is 0 Å². The van der Waals surface area contributed by atoms with Crippen molar-refractivity contribution in [2.75, 3.05) is 17.2 Å². The van der Waals surface area contributed by atoms with E-state index < -0.39 is 11.6 Å². The Morgan fingerprint density at radius 1 is 1.38 bits per heavy atom. The molecule has 1 unspecified atom stereocenters. The Balaban J connectivity index is 2.77. The monoisotopic (exact) mass is 223 g/mol. The third-order valence-electron chi connectivity index (χ3n) is 2.60. The lowest BCUT2D eigenvalue weighted by atomic mass is 9.99. The van der Waals surface area contributed by atoms with E-state index in [1.807, 2.05) is 39.0 Å². The molecule has 0 radical (unpaired) electrons. The number of anilines is 2. The number of pyridine rings is 1. The maximum absolute atomic E-state index is 9.61. The molecule has 0 saturated carbocycles. The first kappa shape index (κ1) is 12.8. The van der Waals surface area contributed by atoms with Crippen LogP contribution in [0.2, 0.25) is 0 Å². The number of rotatable bonds is 5. The zero-order valence-electron chi connectivity index (χ0n) is 10.4. The van der Waals surface area contributed by atoms with Crippen LogP contribution in [-0.2, 0) is 0 Å². The third kappa shape index (κ3) is 3.38. The second kappa shape index (κ2) is 5.16. The smallest absolute Gasteiger partial charge is 0.128 e. The Hall–Kier alpha value is -1.29. The predicted octanol–water partition coefficient (Wildman–Crippen LogP) is 2.08. The zero-order valence-corrected chi connectivity index (χ0v) is 10.4. The molecule has 1 aromatic heterocycles. The van der Waals surface area contributed by atoms with Gasteiger partial charge in [0.1, 0.15) is 11.6 Å². The average molecular weight is 223 g/mol. The van der Waals surface area contributed by atoms with E-state index in [4.69, 9.17) is 0 Å². The highest BCUT2D eigenvalue weighted by Crippen LogP contribution is 2.17. The van der Waals surface area contributed by atoms with E-state index in [1.54, 1.807) is 6.92 Å². The maximum atomic E-state index is 9.61. The lowest BCUT2D eigenvalue weighted by Crippen LogP contribution is -2.42. The highest BCUT2D eigenvalue weighted by atomic mass is 16.3. The van der Waals surface area contributed by atoms with E-state index in [0.717, 1.165) is 18.2 Å². The Labute approximate surface area is 97.1 Å². The Morgan fingerprint density at radius 3 is 2.56 bits per heavy atom. The second-order valence-electron chi connectivity index (χ2n) is 4.46. The van der Waals surface area contributed by atoms with E-state index in [1.165, 1.54) is 0 Å². The number of aromatic nitrogens is 1. The molecule has 0 aromatic carbocycles. The van der Waals surface area contributed by atoms with Crippen molar-refractivity contribution in [2.24, 2.45) is 0 Å². The van der Waals surface area contributed by atoms with Gasteiger partial charge < -0.3 is 15.7 Å². The molecular formula is C12H21N3O. The SMILES string of the molecule is CCNc1cccc(NC(C)(C)C(C)O)n1. The minimum absolute atomic E-state index is 0.391. The van der Waals surface area contributed by atoms with Crippen LogP contribution in [0.4, 0.5) is 11.6 Å². The van der Waals surface area contributed by atoms with Crippen LogP contribution < -0.4 is 10.6 Å². The molecule has 0 fully saturated rings.